The van der Waals surface area contributed by atoms with Crippen LogP contribution in [0.3, 0.4) is 0 Å². The van der Waals surface area contributed by atoms with Gasteiger partial charge in [0, 0.05) is 24.7 Å². The van der Waals surface area contributed by atoms with Gasteiger partial charge in [0.2, 0.25) is 0 Å². The SMILES string of the molecule is c1cc2ccc(CN3CCCC4(CCNCC4)C3)nc2[nH]1. The summed E-state index contributed by atoms with van der Waals surface area (Å²) in [6.07, 6.45) is 7.39. The van der Waals surface area contributed by atoms with Crippen molar-refractivity contribution in [3.05, 3.63) is 30.1 Å². The van der Waals surface area contributed by atoms with Gasteiger partial charge >= 0.3 is 0 Å². The maximum atomic E-state index is 4.75. The Kier molecular flexibility index (Phi) is 3.43. The number of nitrogens with one attached hydrogen (secondary N) is 2. The highest BCUT2D eigenvalue weighted by Crippen LogP contribution is 2.38. The van der Waals surface area contributed by atoms with E-state index in [0.29, 0.717) is 5.41 Å². The van der Waals surface area contributed by atoms with Crippen LogP contribution in [0.2, 0.25) is 0 Å². The van der Waals surface area contributed by atoms with Crippen LogP contribution < -0.4 is 5.32 Å². The van der Waals surface area contributed by atoms with E-state index in [1.54, 1.807) is 0 Å². The molecule has 2 fully saturated rings. The van der Waals surface area contributed by atoms with E-state index in [9.17, 15) is 0 Å². The van der Waals surface area contributed by atoms with Crippen molar-refractivity contribution in [3.63, 3.8) is 0 Å². The number of rotatable bonds is 2. The van der Waals surface area contributed by atoms with Crippen LogP contribution in [0.4, 0.5) is 0 Å². The molecule has 2 N–H and O–H groups in total. The summed E-state index contributed by atoms with van der Waals surface area (Å²) >= 11 is 0. The predicted octanol–water partition coefficient (Wildman–Crippen LogP) is 2.53. The van der Waals surface area contributed by atoms with Gasteiger partial charge in [-0.15, -0.1) is 0 Å². The fraction of sp³-hybridized carbons (Fsp3) is 0.588. The van der Waals surface area contributed by atoms with E-state index >= 15 is 0 Å². The predicted molar refractivity (Wildman–Crippen MR) is 85.1 cm³/mol. The first-order chi connectivity index (χ1) is 10.3. The van der Waals surface area contributed by atoms with Gasteiger partial charge in [-0.1, -0.05) is 0 Å². The van der Waals surface area contributed by atoms with Gasteiger partial charge in [-0.2, -0.15) is 0 Å². The second-order valence-electron chi connectivity index (χ2n) is 6.78. The first-order valence-electron chi connectivity index (χ1n) is 8.19. The highest BCUT2D eigenvalue weighted by atomic mass is 15.1. The molecular formula is C17H24N4. The van der Waals surface area contributed by atoms with Crippen molar-refractivity contribution in [2.24, 2.45) is 5.41 Å². The molecule has 0 amide bonds. The first-order valence-corrected chi connectivity index (χ1v) is 8.19. The van der Waals surface area contributed by atoms with Gasteiger partial charge < -0.3 is 10.3 Å². The van der Waals surface area contributed by atoms with E-state index in [0.717, 1.165) is 12.2 Å². The first kappa shape index (κ1) is 13.3. The van der Waals surface area contributed by atoms with Crippen molar-refractivity contribution in [1.82, 2.24) is 20.2 Å². The van der Waals surface area contributed by atoms with Crippen LogP contribution in [0.5, 0.6) is 0 Å². The molecule has 2 aliphatic rings. The molecule has 0 aromatic carbocycles. The van der Waals surface area contributed by atoms with E-state index in [4.69, 9.17) is 4.98 Å². The third-order valence-electron chi connectivity index (χ3n) is 5.26. The van der Waals surface area contributed by atoms with Crippen molar-refractivity contribution in [2.45, 2.75) is 32.2 Å². The summed E-state index contributed by atoms with van der Waals surface area (Å²) < 4.78 is 0. The Labute approximate surface area is 125 Å². The molecule has 0 aliphatic carbocycles. The van der Waals surface area contributed by atoms with Gasteiger partial charge in [0.05, 0.1) is 5.69 Å². The van der Waals surface area contributed by atoms with Crippen LogP contribution in [0, 0.1) is 5.41 Å². The molecule has 112 valence electrons. The highest BCUT2D eigenvalue weighted by Gasteiger charge is 2.36. The largest absolute Gasteiger partial charge is 0.346 e. The molecule has 1 spiro atoms. The molecule has 4 nitrogen and oxygen atoms in total. The van der Waals surface area contributed by atoms with Crippen molar-refractivity contribution in [3.8, 4) is 0 Å². The summed E-state index contributed by atoms with van der Waals surface area (Å²) in [6.45, 7) is 5.85. The molecule has 2 aromatic heterocycles. The lowest BCUT2D eigenvalue weighted by atomic mass is 9.73. The van der Waals surface area contributed by atoms with Gasteiger partial charge in [0.15, 0.2) is 0 Å². The second-order valence-corrected chi connectivity index (χ2v) is 6.78. The zero-order chi connectivity index (χ0) is 14.1. The number of piperidine rings is 2. The topological polar surface area (TPSA) is 44.0 Å². The molecule has 2 saturated heterocycles. The van der Waals surface area contributed by atoms with Crippen LogP contribution in [0.25, 0.3) is 11.0 Å². The van der Waals surface area contributed by atoms with E-state index in [2.05, 4.69) is 33.4 Å². The monoisotopic (exact) mass is 284 g/mol. The summed E-state index contributed by atoms with van der Waals surface area (Å²) in [5.41, 5.74) is 2.78. The summed E-state index contributed by atoms with van der Waals surface area (Å²) in [5, 5.41) is 4.70. The summed E-state index contributed by atoms with van der Waals surface area (Å²) in [6, 6.07) is 6.44. The number of aromatic amines is 1. The maximum Gasteiger partial charge on any atom is 0.137 e. The molecule has 0 unspecified atom stereocenters. The Morgan fingerprint density at radius 3 is 2.95 bits per heavy atom. The summed E-state index contributed by atoms with van der Waals surface area (Å²) in [7, 11) is 0. The molecule has 21 heavy (non-hydrogen) atoms. The minimum absolute atomic E-state index is 0.569. The number of hydrogen-bond acceptors (Lipinski definition) is 3. The van der Waals surface area contributed by atoms with Crippen LogP contribution in [-0.2, 0) is 6.54 Å². The van der Waals surface area contributed by atoms with Crippen LogP contribution >= 0.6 is 0 Å². The van der Waals surface area contributed by atoms with Crippen molar-refractivity contribution in [1.29, 1.82) is 0 Å². The summed E-state index contributed by atoms with van der Waals surface area (Å²) in [5.74, 6) is 0. The van der Waals surface area contributed by atoms with Gasteiger partial charge in [0.1, 0.15) is 5.65 Å². The molecule has 0 saturated carbocycles. The Bertz CT molecular complexity index is 607. The lowest BCUT2D eigenvalue weighted by molar-refractivity contribution is 0.0545. The normalized spacial score (nSPS) is 22.9. The maximum absolute atomic E-state index is 4.75. The summed E-state index contributed by atoms with van der Waals surface area (Å²) in [4.78, 5) is 10.6. The van der Waals surface area contributed by atoms with Crippen LogP contribution in [0.1, 0.15) is 31.4 Å². The standard InChI is InChI=1S/C17H24N4/c1-5-17(6-9-18-10-7-17)13-21(11-1)12-15-3-2-14-4-8-19-16(14)20-15/h2-4,8,18H,1,5-7,9-13H2,(H,19,20). The van der Waals surface area contributed by atoms with Gasteiger partial charge in [-0.05, 0) is 68.9 Å². The Balaban J connectivity index is 1.48. The molecule has 4 heteroatoms. The number of H-pyrrole nitrogens is 1. The molecule has 0 atom stereocenters. The number of fused-ring (bicyclic) bond motifs is 1. The van der Waals surface area contributed by atoms with E-state index in [-0.39, 0.29) is 0 Å². The zero-order valence-corrected chi connectivity index (χ0v) is 12.6. The fourth-order valence-corrected chi connectivity index (χ4v) is 4.10. The number of nitrogens with zero attached hydrogens (tertiary/aromatic N) is 2. The van der Waals surface area contributed by atoms with Crippen LogP contribution in [0.15, 0.2) is 24.4 Å². The van der Waals surface area contributed by atoms with E-state index in [1.807, 2.05) is 6.20 Å². The lowest BCUT2D eigenvalue weighted by Gasteiger charge is -2.45. The molecule has 2 aliphatic heterocycles. The third-order valence-corrected chi connectivity index (χ3v) is 5.26. The average Bonchev–Trinajstić information content (AvgIpc) is 2.96. The van der Waals surface area contributed by atoms with Gasteiger partial charge in [-0.25, -0.2) is 4.98 Å². The lowest BCUT2D eigenvalue weighted by Crippen LogP contribution is -2.48. The Morgan fingerprint density at radius 1 is 1.14 bits per heavy atom. The van der Waals surface area contributed by atoms with Crippen molar-refractivity contribution < 1.29 is 0 Å². The van der Waals surface area contributed by atoms with Crippen molar-refractivity contribution >= 4 is 11.0 Å². The number of likely N-dealkylation sites (tertiary alicyclic amines) is 1. The number of pyridine rings is 1. The average molecular weight is 284 g/mol. The van der Waals surface area contributed by atoms with E-state index in [1.165, 1.54) is 62.9 Å². The van der Waals surface area contributed by atoms with Gasteiger partial charge in [-0.3, -0.25) is 4.90 Å². The van der Waals surface area contributed by atoms with E-state index < -0.39 is 0 Å². The molecular weight excluding hydrogens is 260 g/mol. The quantitative estimate of drug-likeness (QED) is 0.890. The molecule has 0 bridgehead atoms. The van der Waals surface area contributed by atoms with Crippen LogP contribution in [-0.4, -0.2) is 41.0 Å². The van der Waals surface area contributed by atoms with Gasteiger partial charge in [0.25, 0.3) is 0 Å². The smallest absolute Gasteiger partial charge is 0.137 e. The highest BCUT2D eigenvalue weighted by molar-refractivity contribution is 5.75. The zero-order valence-electron chi connectivity index (χ0n) is 12.6. The Hall–Kier alpha value is -1.39. The Morgan fingerprint density at radius 2 is 2.05 bits per heavy atom. The number of hydrogen-bond donors (Lipinski definition) is 2. The fourth-order valence-electron chi connectivity index (χ4n) is 4.10. The molecule has 0 radical (unpaired) electrons. The second kappa shape index (κ2) is 5.43. The third kappa shape index (κ3) is 2.70. The molecule has 4 rings (SSSR count). The molecule has 2 aromatic rings. The molecule has 4 heterocycles. The minimum atomic E-state index is 0.569. The van der Waals surface area contributed by atoms with Crippen molar-refractivity contribution in [2.75, 3.05) is 26.2 Å². The number of aromatic nitrogens is 2. The minimum Gasteiger partial charge on any atom is -0.346 e.